The molecule has 1 unspecified atom stereocenters. The lowest BCUT2D eigenvalue weighted by atomic mass is 9.88. The number of hydrogen-bond donors (Lipinski definition) is 1. The maximum atomic E-state index is 9.72. The molecule has 1 aromatic carbocycles. The van der Waals surface area contributed by atoms with Crippen LogP contribution in [0.15, 0.2) is 34.7 Å². The molecule has 4 nitrogen and oxygen atoms in total. The highest BCUT2D eigenvalue weighted by Gasteiger charge is 2.30. The van der Waals surface area contributed by atoms with Gasteiger partial charge in [-0.25, -0.2) is 0 Å². The molecule has 0 aliphatic rings. The SMILES string of the molecule is CCNC(C#N)(CCSc1nnc(C)s1)c1ccccc1. The topological polar surface area (TPSA) is 61.6 Å². The minimum absolute atomic E-state index is 0.636. The molecular weight excluding hydrogens is 300 g/mol. The van der Waals surface area contributed by atoms with Crippen LogP contribution in [-0.4, -0.2) is 22.5 Å². The summed E-state index contributed by atoms with van der Waals surface area (Å²) in [5.74, 6) is 0.823. The van der Waals surface area contributed by atoms with Crippen LogP contribution in [0.3, 0.4) is 0 Å². The third-order valence-electron chi connectivity index (χ3n) is 3.15. The van der Waals surface area contributed by atoms with Gasteiger partial charge in [0.1, 0.15) is 10.5 Å². The van der Waals surface area contributed by atoms with E-state index in [4.69, 9.17) is 0 Å². The lowest BCUT2D eigenvalue weighted by molar-refractivity contribution is 0.428. The summed E-state index contributed by atoms with van der Waals surface area (Å²) in [5.41, 5.74) is 0.381. The monoisotopic (exact) mass is 318 g/mol. The second-order valence-electron chi connectivity index (χ2n) is 4.60. The highest BCUT2D eigenvalue weighted by Crippen LogP contribution is 2.29. The number of nitrogens with one attached hydrogen (secondary N) is 1. The van der Waals surface area contributed by atoms with Crippen molar-refractivity contribution in [3.63, 3.8) is 0 Å². The summed E-state index contributed by atoms with van der Waals surface area (Å²) in [5, 5.41) is 22.2. The number of aryl methyl sites for hydroxylation is 1. The predicted octanol–water partition coefficient (Wildman–Crippen LogP) is 3.36. The standard InChI is InChI=1S/C15H18N4S2/c1-3-17-15(11-16,13-7-5-4-6-8-13)9-10-20-14-19-18-12(2)21-14/h4-8,17H,3,9-10H2,1-2H3. The van der Waals surface area contributed by atoms with Crippen LogP contribution in [-0.2, 0) is 5.54 Å². The number of hydrogen-bond acceptors (Lipinski definition) is 6. The van der Waals surface area contributed by atoms with E-state index < -0.39 is 5.54 Å². The van der Waals surface area contributed by atoms with Crippen LogP contribution < -0.4 is 5.32 Å². The lowest BCUT2D eigenvalue weighted by Gasteiger charge is -2.27. The Bertz CT molecular complexity index is 606. The third-order valence-corrected chi connectivity index (χ3v) is 5.12. The molecule has 0 spiro atoms. The Morgan fingerprint density at radius 3 is 2.67 bits per heavy atom. The zero-order valence-electron chi connectivity index (χ0n) is 12.2. The zero-order chi connectivity index (χ0) is 15.1. The smallest absolute Gasteiger partial charge is 0.174 e. The van der Waals surface area contributed by atoms with Crippen molar-refractivity contribution in [2.45, 2.75) is 30.1 Å². The molecule has 0 aliphatic heterocycles. The van der Waals surface area contributed by atoms with Gasteiger partial charge in [-0.3, -0.25) is 5.32 Å². The van der Waals surface area contributed by atoms with E-state index in [1.807, 2.05) is 44.2 Å². The molecule has 2 rings (SSSR count). The molecule has 110 valence electrons. The van der Waals surface area contributed by atoms with Gasteiger partial charge in [-0.2, -0.15) is 5.26 Å². The number of nitriles is 1. The van der Waals surface area contributed by atoms with E-state index in [1.54, 1.807) is 23.1 Å². The molecule has 0 amide bonds. The highest BCUT2D eigenvalue weighted by molar-refractivity contribution is 8.01. The van der Waals surface area contributed by atoms with Crippen LogP contribution in [0, 0.1) is 18.3 Å². The molecule has 1 aromatic heterocycles. The predicted molar refractivity (Wildman–Crippen MR) is 87.4 cm³/mol. The fourth-order valence-corrected chi connectivity index (χ4v) is 4.09. The Labute approximate surface area is 133 Å². The number of benzene rings is 1. The van der Waals surface area contributed by atoms with Crippen molar-refractivity contribution < 1.29 is 0 Å². The van der Waals surface area contributed by atoms with Gasteiger partial charge in [0.25, 0.3) is 0 Å². The second kappa shape index (κ2) is 7.55. The summed E-state index contributed by atoms with van der Waals surface area (Å²) >= 11 is 3.25. The molecule has 0 aliphatic carbocycles. The van der Waals surface area contributed by atoms with Gasteiger partial charge >= 0.3 is 0 Å². The normalized spacial score (nSPS) is 13.6. The summed E-state index contributed by atoms with van der Waals surface area (Å²) in [4.78, 5) is 0. The van der Waals surface area contributed by atoms with Crippen LogP contribution in [0.1, 0.15) is 23.9 Å². The molecule has 0 fully saturated rings. The summed E-state index contributed by atoms with van der Waals surface area (Å²) in [7, 11) is 0. The number of aromatic nitrogens is 2. The first-order valence-electron chi connectivity index (χ1n) is 6.85. The summed E-state index contributed by atoms with van der Waals surface area (Å²) in [6, 6.07) is 12.4. The summed E-state index contributed by atoms with van der Waals surface area (Å²) in [6.07, 6.45) is 0.727. The molecule has 0 saturated carbocycles. The van der Waals surface area contributed by atoms with Crippen LogP contribution in [0.4, 0.5) is 0 Å². The van der Waals surface area contributed by atoms with Crippen molar-refractivity contribution in [3.8, 4) is 6.07 Å². The molecular formula is C15H18N4S2. The number of rotatable bonds is 7. The Morgan fingerprint density at radius 2 is 2.10 bits per heavy atom. The van der Waals surface area contributed by atoms with Crippen LogP contribution in [0.2, 0.25) is 0 Å². The van der Waals surface area contributed by atoms with Gasteiger partial charge < -0.3 is 0 Å². The van der Waals surface area contributed by atoms with E-state index in [2.05, 4.69) is 21.6 Å². The number of nitrogens with zero attached hydrogens (tertiary/aromatic N) is 3. The van der Waals surface area contributed by atoms with Gasteiger partial charge in [-0.1, -0.05) is 60.4 Å². The molecule has 1 N–H and O–H groups in total. The first kappa shape index (κ1) is 16.0. The molecule has 2 aromatic rings. The average molecular weight is 318 g/mol. The van der Waals surface area contributed by atoms with Gasteiger partial charge in [0.05, 0.1) is 6.07 Å². The Kier molecular flexibility index (Phi) is 5.74. The maximum Gasteiger partial charge on any atom is 0.174 e. The quantitative estimate of drug-likeness (QED) is 0.793. The van der Waals surface area contributed by atoms with E-state index in [9.17, 15) is 5.26 Å². The first-order valence-corrected chi connectivity index (χ1v) is 8.65. The lowest BCUT2D eigenvalue weighted by Crippen LogP contribution is -2.41. The van der Waals surface area contributed by atoms with Crippen molar-refractivity contribution in [2.75, 3.05) is 12.3 Å². The van der Waals surface area contributed by atoms with Gasteiger partial charge in [0.15, 0.2) is 4.34 Å². The Hall–Kier alpha value is -1.42. The van der Waals surface area contributed by atoms with E-state index in [-0.39, 0.29) is 0 Å². The summed E-state index contributed by atoms with van der Waals surface area (Å²) < 4.78 is 0.962. The van der Waals surface area contributed by atoms with E-state index in [1.165, 1.54) is 0 Å². The van der Waals surface area contributed by atoms with Crippen molar-refractivity contribution in [1.29, 1.82) is 5.26 Å². The highest BCUT2D eigenvalue weighted by atomic mass is 32.2. The fourth-order valence-electron chi connectivity index (χ4n) is 2.15. The van der Waals surface area contributed by atoms with Gasteiger partial charge in [0.2, 0.25) is 0 Å². The molecule has 1 atom stereocenters. The summed E-state index contributed by atoms with van der Waals surface area (Å²) in [6.45, 7) is 4.73. The minimum Gasteiger partial charge on any atom is -0.296 e. The molecule has 1 heterocycles. The Morgan fingerprint density at radius 1 is 1.33 bits per heavy atom. The molecule has 21 heavy (non-hydrogen) atoms. The van der Waals surface area contributed by atoms with E-state index in [0.717, 1.165) is 33.6 Å². The van der Waals surface area contributed by atoms with Crippen LogP contribution in [0.25, 0.3) is 0 Å². The van der Waals surface area contributed by atoms with Crippen molar-refractivity contribution in [1.82, 2.24) is 15.5 Å². The van der Waals surface area contributed by atoms with Crippen molar-refractivity contribution in [2.24, 2.45) is 0 Å². The van der Waals surface area contributed by atoms with Gasteiger partial charge in [-0.15, -0.1) is 10.2 Å². The largest absolute Gasteiger partial charge is 0.296 e. The van der Waals surface area contributed by atoms with Gasteiger partial charge in [-0.05, 0) is 25.5 Å². The minimum atomic E-state index is -0.636. The van der Waals surface area contributed by atoms with Crippen LogP contribution >= 0.6 is 23.1 Å². The Balaban J connectivity index is 2.08. The molecule has 0 saturated heterocycles. The van der Waals surface area contributed by atoms with E-state index in [0.29, 0.717) is 0 Å². The first-order chi connectivity index (χ1) is 10.2. The fraction of sp³-hybridized carbons (Fsp3) is 0.400. The molecule has 6 heteroatoms. The van der Waals surface area contributed by atoms with Crippen molar-refractivity contribution in [3.05, 3.63) is 40.9 Å². The average Bonchev–Trinajstić information content (AvgIpc) is 2.93. The van der Waals surface area contributed by atoms with Crippen LogP contribution in [0.5, 0.6) is 0 Å². The zero-order valence-corrected chi connectivity index (χ0v) is 13.8. The maximum absolute atomic E-state index is 9.72. The third kappa shape index (κ3) is 4.03. The van der Waals surface area contributed by atoms with Crippen molar-refractivity contribution >= 4 is 23.1 Å². The molecule has 0 bridgehead atoms. The van der Waals surface area contributed by atoms with E-state index >= 15 is 0 Å². The van der Waals surface area contributed by atoms with Gasteiger partial charge in [0, 0.05) is 5.75 Å². The number of thioether (sulfide) groups is 1. The molecule has 0 radical (unpaired) electrons. The second-order valence-corrected chi connectivity index (χ2v) is 7.12.